The van der Waals surface area contributed by atoms with E-state index in [2.05, 4.69) is 11.9 Å². The fourth-order valence-corrected chi connectivity index (χ4v) is 1.86. The quantitative estimate of drug-likeness (QED) is 0.784. The zero-order valence-corrected chi connectivity index (χ0v) is 8.58. The molecule has 0 spiro atoms. The van der Waals surface area contributed by atoms with Crippen molar-refractivity contribution in [1.29, 1.82) is 0 Å². The number of fused-ring (bicyclic) bond motifs is 1. The second-order valence-electron chi connectivity index (χ2n) is 3.71. The average Bonchev–Trinajstić information content (AvgIpc) is 2.57. The predicted molar refractivity (Wildman–Crippen MR) is 53.1 cm³/mol. The van der Waals surface area contributed by atoms with Crippen molar-refractivity contribution in [2.24, 2.45) is 0 Å². The summed E-state index contributed by atoms with van der Waals surface area (Å²) in [5, 5.41) is 9.76. The van der Waals surface area contributed by atoms with Crippen LogP contribution in [0.4, 0.5) is 0 Å². The van der Waals surface area contributed by atoms with Gasteiger partial charge in [0.2, 0.25) is 0 Å². The van der Waals surface area contributed by atoms with Crippen molar-refractivity contribution in [2.75, 3.05) is 0 Å². The number of aryl methyl sites for hydroxylation is 1. The first-order valence-electron chi connectivity index (χ1n) is 5.03. The first kappa shape index (κ1) is 9.46. The first-order valence-corrected chi connectivity index (χ1v) is 5.03. The molecular weight excluding hydrogens is 178 g/mol. The number of rotatable bonds is 2. The van der Waals surface area contributed by atoms with Crippen LogP contribution in [-0.2, 0) is 11.3 Å². The molecule has 1 atom stereocenters. The molecule has 1 aromatic heterocycles. The van der Waals surface area contributed by atoms with Crippen LogP contribution in [-0.4, -0.2) is 10.1 Å². The Morgan fingerprint density at radius 2 is 2.43 bits per heavy atom. The Balaban J connectivity index is 2.37. The number of nitrogens with zero attached hydrogens (tertiary/aromatic N) is 1. The van der Waals surface area contributed by atoms with Crippen LogP contribution in [0.25, 0.3) is 0 Å². The number of aromatic hydroxyl groups is 1. The van der Waals surface area contributed by atoms with E-state index in [0.29, 0.717) is 18.1 Å². The van der Waals surface area contributed by atoms with Crippen LogP contribution in [0, 0.1) is 6.92 Å². The van der Waals surface area contributed by atoms with Crippen molar-refractivity contribution in [3.05, 3.63) is 23.0 Å². The fourth-order valence-electron chi connectivity index (χ4n) is 1.86. The molecule has 2 rings (SSSR count). The smallest absolute Gasteiger partial charge is 0.142 e. The Morgan fingerprint density at radius 3 is 3.14 bits per heavy atom. The molecule has 1 N–H and O–H groups in total. The SMILES string of the molecule is CCCC1OCc2c1cnc(C)c2O. The second-order valence-corrected chi connectivity index (χ2v) is 3.71. The van der Waals surface area contributed by atoms with Gasteiger partial charge < -0.3 is 9.84 Å². The fraction of sp³-hybridized carbons (Fsp3) is 0.545. The Kier molecular flexibility index (Phi) is 2.42. The summed E-state index contributed by atoms with van der Waals surface area (Å²) in [6.07, 6.45) is 4.04. The van der Waals surface area contributed by atoms with Gasteiger partial charge in [0.15, 0.2) is 0 Å². The summed E-state index contributed by atoms with van der Waals surface area (Å²) in [6, 6.07) is 0. The van der Waals surface area contributed by atoms with Crippen LogP contribution in [0.15, 0.2) is 6.20 Å². The van der Waals surface area contributed by atoms with Crippen molar-refractivity contribution >= 4 is 0 Å². The molecule has 0 aliphatic carbocycles. The van der Waals surface area contributed by atoms with E-state index in [9.17, 15) is 5.11 Å². The molecule has 0 saturated heterocycles. The van der Waals surface area contributed by atoms with Crippen molar-refractivity contribution in [3.63, 3.8) is 0 Å². The molecule has 0 bridgehead atoms. The lowest BCUT2D eigenvalue weighted by Crippen LogP contribution is -1.96. The van der Waals surface area contributed by atoms with E-state index in [4.69, 9.17) is 4.74 Å². The molecule has 1 aliphatic rings. The number of hydrogen-bond acceptors (Lipinski definition) is 3. The maximum atomic E-state index is 9.76. The normalized spacial score (nSPS) is 19.7. The molecule has 0 radical (unpaired) electrons. The van der Waals surface area contributed by atoms with Gasteiger partial charge >= 0.3 is 0 Å². The van der Waals surface area contributed by atoms with Gasteiger partial charge in [-0.2, -0.15) is 0 Å². The van der Waals surface area contributed by atoms with Crippen molar-refractivity contribution in [3.8, 4) is 5.75 Å². The van der Waals surface area contributed by atoms with E-state index in [1.165, 1.54) is 0 Å². The van der Waals surface area contributed by atoms with Gasteiger partial charge in [0.25, 0.3) is 0 Å². The molecule has 1 aliphatic heterocycles. The van der Waals surface area contributed by atoms with Gasteiger partial charge in [-0.15, -0.1) is 0 Å². The van der Waals surface area contributed by atoms with E-state index in [1.807, 2.05) is 13.1 Å². The zero-order valence-electron chi connectivity index (χ0n) is 8.58. The zero-order chi connectivity index (χ0) is 10.1. The molecule has 1 aromatic rings. The van der Waals surface area contributed by atoms with Gasteiger partial charge in [0.1, 0.15) is 5.75 Å². The topological polar surface area (TPSA) is 42.4 Å². The molecule has 0 saturated carbocycles. The van der Waals surface area contributed by atoms with Crippen LogP contribution >= 0.6 is 0 Å². The summed E-state index contributed by atoms with van der Waals surface area (Å²) in [4.78, 5) is 4.15. The molecule has 3 heteroatoms. The van der Waals surface area contributed by atoms with Crippen molar-refractivity contribution in [1.82, 2.24) is 4.98 Å². The van der Waals surface area contributed by atoms with E-state index < -0.39 is 0 Å². The Bertz CT molecular complexity index is 349. The predicted octanol–water partition coefficient (Wildman–Crippen LogP) is 2.47. The Labute approximate surface area is 83.7 Å². The third kappa shape index (κ3) is 1.38. The molecule has 14 heavy (non-hydrogen) atoms. The van der Waals surface area contributed by atoms with Crippen molar-refractivity contribution < 1.29 is 9.84 Å². The maximum Gasteiger partial charge on any atom is 0.142 e. The van der Waals surface area contributed by atoms with Crippen LogP contribution in [0.1, 0.15) is 42.7 Å². The molecule has 0 amide bonds. The van der Waals surface area contributed by atoms with Crippen LogP contribution in [0.2, 0.25) is 0 Å². The number of ether oxygens (including phenoxy) is 1. The van der Waals surface area contributed by atoms with Crippen LogP contribution in [0.5, 0.6) is 5.75 Å². The summed E-state index contributed by atoms with van der Waals surface area (Å²) in [7, 11) is 0. The number of aromatic nitrogens is 1. The van der Waals surface area contributed by atoms with E-state index in [0.717, 1.165) is 24.0 Å². The van der Waals surface area contributed by atoms with Crippen molar-refractivity contribution in [2.45, 2.75) is 39.4 Å². The summed E-state index contributed by atoms with van der Waals surface area (Å²) in [5.74, 6) is 0.307. The van der Waals surface area contributed by atoms with Gasteiger partial charge in [-0.05, 0) is 13.3 Å². The van der Waals surface area contributed by atoms with Gasteiger partial charge in [0, 0.05) is 17.3 Å². The molecule has 2 heterocycles. The highest BCUT2D eigenvalue weighted by Crippen LogP contribution is 2.38. The van der Waals surface area contributed by atoms with Gasteiger partial charge in [-0.1, -0.05) is 13.3 Å². The number of pyridine rings is 1. The van der Waals surface area contributed by atoms with E-state index in [1.54, 1.807) is 0 Å². The van der Waals surface area contributed by atoms with Gasteiger partial charge in [-0.25, -0.2) is 0 Å². The summed E-state index contributed by atoms with van der Waals surface area (Å²) >= 11 is 0. The molecule has 1 unspecified atom stereocenters. The van der Waals surface area contributed by atoms with Crippen LogP contribution < -0.4 is 0 Å². The minimum Gasteiger partial charge on any atom is -0.506 e. The third-order valence-electron chi connectivity index (χ3n) is 2.70. The van der Waals surface area contributed by atoms with E-state index in [-0.39, 0.29) is 6.10 Å². The van der Waals surface area contributed by atoms with Gasteiger partial charge in [-0.3, -0.25) is 4.98 Å². The summed E-state index contributed by atoms with van der Waals surface area (Å²) in [5.41, 5.74) is 2.68. The molecule has 0 fully saturated rings. The first-order chi connectivity index (χ1) is 6.74. The maximum absolute atomic E-state index is 9.76. The highest BCUT2D eigenvalue weighted by Gasteiger charge is 2.26. The van der Waals surface area contributed by atoms with E-state index >= 15 is 0 Å². The summed E-state index contributed by atoms with van der Waals surface area (Å²) in [6.45, 7) is 4.46. The number of hydrogen-bond donors (Lipinski definition) is 1. The minimum absolute atomic E-state index is 0.133. The minimum atomic E-state index is 0.133. The molecule has 76 valence electrons. The Morgan fingerprint density at radius 1 is 1.64 bits per heavy atom. The molecular formula is C11H15NO2. The van der Waals surface area contributed by atoms with Crippen LogP contribution in [0.3, 0.4) is 0 Å². The lowest BCUT2D eigenvalue weighted by atomic mass is 10.0. The standard InChI is InChI=1S/C11H15NO2/c1-3-4-10-8-5-12-7(2)11(13)9(8)6-14-10/h5,10,13H,3-4,6H2,1-2H3. The largest absolute Gasteiger partial charge is 0.506 e. The highest BCUT2D eigenvalue weighted by molar-refractivity contribution is 5.43. The lowest BCUT2D eigenvalue weighted by Gasteiger charge is -2.09. The average molecular weight is 193 g/mol. The van der Waals surface area contributed by atoms with Gasteiger partial charge in [0.05, 0.1) is 18.4 Å². The summed E-state index contributed by atoms with van der Waals surface area (Å²) < 4.78 is 5.60. The Hall–Kier alpha value is -1.09. The second kappa shape index (κ2) is 3.58. The monoisotopic (exact) mass is 193 g/mol. The molecule has 3 nitrogen and oxygen atoms in total. The molecule has 0 aromatic carbocycles. The lowest BCUT2D eigenvalue weighted by molar-refractivity contribution is 0.0591. The third-order valence-corrected chi connectivity index (χ3v) is 2.70. The highest BCUT2D eigenvalue weighted by atomic mass is 16.5.